The van der Waals surface area contributed by atoms with Crippen LogP contribution in [0.2, 0.25) is 0 Å². The van der Waals surface area contributed by atoms with E-state index >= 15 is 0 Å². The van der Waals surface area contributed by atoms with Crippen molar-refractivity contribution in [3.05, 3.63) is 30.1 Å². The van der Waals surface area contributed by atoms with Gasteiger partial charge in [-0.15, -0.1) is 0 Å². The monoisotopic (exact) mass is 273 g/mol. The van der Waals surface area contributed by atoms with Crippen LogP contribution in [0.3, 0.4) is 0 Å². The average Bonchev–Trinajstić information content (AvgIpc) is 2.38. The van der Waals surface area contributed by atoms with Crippen LogP contribution in [-0.2, 0) is 20.3 Å². The Morgan fingerprint density at radius 3 is 2.61 bits per heavy atom. The van der Waals surface area contributed by atoms with Gasteiger partial charge in [-0.1, -0.05) is 0 Å². The Kier molecular flexibility index (Phi) is 5.94. The van der Waals surface area contributed by atoms with Gasteiger partial charge in [0.15, 0.2) is 0 Å². The first-order valence-electron chi connectivity index (χ1n) is 5.49. The number of hydrogen-bond donors (Lipinski definition) is 1. The van der Waals surface area contributed by atoms with Crippen molar-refractivity contribution in [1.82, 2.24) is 5.32 Å². The minimum Gasteiger partial charge on any atom is -0.383 e. The minimum atomic E-state index is -1.49. The van der Waals surface area contributed by atoms with Gasteiger partial charge in [-0.2, -0.15) is 0 Å². The van der Waals surface area contributed by atoms with E-state index in [1.807, 2.05) is 0 Å². The van der Waals surface area contributed by atoms with E-state index in [1.54, 1.807) is 6.92 Å². The topological polar surface area (TPSA) is 55.4 Å². The number of halogens is 1. The van der Waals surface area contributed by atoms with Crippen LogP contribution in [0.4, 0.5) is 4.39 Å². The highest BCUT2D eigenvalue weighted by molar-refractivity contribution is 7.86. The molecule has 1 N–H and O–H groups in total. The van der Waals surface area contributed by atoms with Crippen LogP contribution in [0.5, 0.6) is 0 Å². The fourth-order valence-electron chi connectivity index (χ4n) is 1.29. The number of benzene rings is 1. The molecule has 6 heteroatoms. The molecule has 0 radical (unpaired) electrons. The third kappa shape index (κ3) is 4.19. The molecule has 2 unspecified atom stereocenters. The number of methoxy groups -OCH3 is 1. The van der Waals surface area contributed by atoms with Gasteiger partial charge >= 0.3 is 0 Å². The van der Waals surface area contributed by atoms with Gasteiger partial charge in [0.25, 0.3) is 0 Å². The smallest absolute Gasteiger partial charge is 0.235 e. The van der Waals surface area contributed by atoms with Crippen LogP contribution in [0.15, 0.2) is 29.2 Å². The number of ether oxygens (including phenoxy) is 1. The number of rotatable bonds is 6. The molecule has 1 rings (SSSR count). The Morgan fingerprint density at radius 1 is 1.44 bits per heavy atom. The summed E-state index contributed by atoms with van der Waals surface area (Å²) in [5.74, 6) is -0.706. The fraction of sp³-hybridized carbons (Fsp3) is 0.417. The van der Waals surface area contributed by atoms with E-state index in [9.17, 15) is 13.4 Å². The molecule has 0 saturated carbocycles. The van der Waals surface area contributed by atoms with Crippen molar-refractivity contribution >= 4 is 16.7 Å². The molecule has 4 nitrogen and oxygen atoms in total. The third-order valence-electron chi connectivity index (χ3n) is 2.34. The Bertz CT molecular complexity index is 422. The predicted molar refractivity (Wildman–Crippen MR) is 67.2 cm³/mol. The zero-order valence-electron chi connectivity index (χ0n) is 10.3. The quantitative estimate of drug-likeness (QED) is 0.789. The number of amides is 1. The van der Waals surface area contributed by atoms with Gasteiger partial charge in [0.1, 0.15) is 11.1 Å². The maximum atomic E-state index is 12.7. The minimum absolute atomic E-state index is 0.310. The lowest BCUT2D eigenvalue weighted by Gasteiger charge is -2.11. The van der Waals surface area contributed by atoms with Crippen molar-refractivity contribution in [3.63, 3.8) is 0 Å². The first-order valence-corrected chi connectivity index (χ1v) is 6.70. The van der Waals surface area contributed by atoms with Gasteiger partial charge in [-0.3, -0.25) is 9.00 Å². The second-order valence-electron chi connectivity index (χ2n) is 3.68. The lowest BCUT2D eigenvalue weighted by atomic mass is 10.3. The summed E-state index contributed by atoms with van der Waals surface area (Å²) in [6, 6.07) is 5.29. The number of carbonyl (C=O) groups is 1. The fourth-order valence-corrected chi connectivity index (χ4v) is 2.38. The van der Waals surface area contributed by atoms with E-state index in [0.29, 0.717) is 18.0 Å². The molecule has 0 fully saturated rings. The molecule has 1 aromatic rings. The van der Waals surface area contributed by atoms with Crippen LogP contribution in [-0.4, -0.2) is 35.6 Å². The van der Waals surface area contributed by atoms with E-state index in [2.05, 4.69) is 5.32 Å². The second-order valence-corrected chi connectivity index (χ2v) is 5.45. The lowest BCUT2D eigenvalue weighted by molar-refractivity contribution is -0.120. The summed E-state index contributed by atoms with van der Waals surface area (Å²) < 4.78 is 29.5. The molecule has 0 heterocycles. The summed E-state index contributed by atoms with van der Waals surface area (Å²) in [6.45, 7) is 2.35. The van der Waals surface area contributed by atoms with Crippen LogP contribution in [0.25, 0.3) is 0 Å². The van der Waals surface area contributed by atoms with Crippen LogP contribution in [0, 0.1) is 5.82 Å². The van der Waals surface area contributed by atoms with Gasteiger partial charge < -0.3 is 10.1 Å². The van der Waals surface area contributed by atoms with Gasteiger partial charge in [0, 0.05) is 18.6 Å². The standard InChI is InChI=1S/C12H16FNO3S/c1-9(12(15)14-7-8-17-2)18(16)11-5-3-10(13)4-6-11/h3-6,9H,7-8H2,1-2H3,(H,14,15). The summed E-state index contributed by atoms with van der Waals surface area (Å²) in [6.07, 6.45) is 0. The first-order chi connectivity index (χ1) is 8.56. The molecule has 18 heavy (non-hydrogen) atoms. The van der Waals surface area contributed by atoms with Crippen molar-refractivity contribution < 1.29 is 18.1 Å². The Labute approximate surface area is 108 Å². The molecule has 0 saturated heterocycles. The van der Waals surface area contributed by atoms with E-state index in [0.717, 1.165) is 0 Å². The highest BCUT2D eigenvalue weighted by atomic mass is 32.2. The van der Waals surface area contributed by atoms with E-state index in [4.69, 9.17) is 4.74 Å². The number of hydrogen-bond acceptors (Lipinski definition) is 3. The first kappa shape index (κ1) is 14.8. The van der Waals surface area contributed by atoms with Crippen molar-refractivity contribution in [2.75, 3.05) is 20.3 Å². The van der Waals surface area contributed by atoms with Crippen molar-refractivity contribution in [2.24, 2.45) is 0 Å². The van der Waals surface area contributed by atoms with Crippen LogP contribution in [0.1, 0.15) is 6.92 Å². The normalized spacial score (nSPS) is 13.9. The molecular formula is C12H16FNO3S. The van der Waals surface area contributed by atoms with Gasteiger partial charge in [0.05, 0.1) is 17.4 Å². The molecule has 0 bridgehead atoms. The summed E-state index contributed by atoms with van der Waals surface area (Å²) in [5.41, 5.74) is 0. The molecule has 1 amide bonds. The van der Waals surface area contributed by atoms with Gasteiger partial charge in [0.2, 0.25) is 5.91 Å². The Balaban J connectivity index is 2.60. The van der Waals surface area contributed by atoms with Crippen molar-refractivity contribution in [3.8, 4) is 0 Å². The zero-order chi connectivity index (χ0) is 13.5. The Morgan fingerprint density at radius 2 is 2.06 bits per heavy atom. The molecular weight excluding hydrogens is 257 g/mol. The third-order valence-corrected chi connectivity index (χ3v) is 3.93. The molecule has 0 aliphatic heterocycles. The second kappa shape index (κ2) is 7.23. The van der Waals surface area contributed by atoms with E-state index < -0.39 is 21.9 Å². The van der Waals surface area contributed by atoms with Crippen molar-refractivity contribution in [1.29, 1.82) is 0 Å². The molecule has 0 aromatic heterocycles. The molecule has 2 atom stereocenters. The van der Waals surface area contributed by atoms with E-state index in [1.165, 1.54) is 31.4 Å². The zero-order valence-corrected chi connectivity index (χ0v) is 11.1. The Hall–Kier alpha value is -1.27. The highest BCUT2D eigenvalue weighted by Gasteiger charge is 2.20. The number of nitrogens with one attached hydrogen (secondary N) is 1. The SMILES string of the molecule is COCCNC(=O)C(C)S(=O)c1ccc(F)cc1. The lowest BCUT2D eigenvalue weighted by Crippen LogP contribution is -2.37. The summed E-state index contributed by atoms with van der Waals surface area (Å²) >= 11 is 0. The van der Waals surface area contributed by atoms with Gasteiger partial charge in [-0.05, 0) is 31.2 Å². The average molecular weight is 273 g/mol. The highest BCUT2D eigenvalue weighted by Crippen LogP contribution is 2.12. The number of carbonyl (C=O) groups excluding carboxylic acids is 1. The van der Waals surface area contributed by atoms with Crippen LogP contribution < -0.4 is 5.32 Å². The maximum Gasteiger partial charge on any atom is 0.235 e. The predicted octanol–water partition coefficient (Wildman–Crippen LogP) is 1.08. The maximum absolute atomic E-state index is 12.7. The molecule has 1 aromatic carbocycles. The molecule has 100 valence electrons. The molecule has 0 aliphatic rings. The van der Waals surface area contributed by atoms with Crippen molar-refractivity contribution in [2.45, 2.75) is 17.1 Å². The summed E-state index contributed by atoms with van der Waals surface area (Å²) in [5, 5.41) is 1.93. The summed E-state index contributed by atoms with van der Waals surface area (Å²) in [7, 11) is 0.0425. The van der Waals surface area contributed by atoms with E-state index in [-0.39, 0.29) is 5.91 Å². The molecule has 0 aliphatic carbocycles. The summed E-state index contributed by atoms with van der Waals surface area (Å²) in [4.78, 5) is 12.1. The largest absolute Gasteiger partial charge is 0.383 e. The van der Waals surface area contributed by atoms with Gasteiger partial charge in [-0.25, -0.2) is 4.39 Å². The molecule has 0 spiro atoms. The van der Waals surface area contributed by atoms with Crippen LogP contribution >= 0.6 is 0 Å².